The minimum Gasteiger partial charge on any atom is -0.364 e. The van der Waals surface area contributed by atoms with Crippen molar-refractivity contribution in [2.24, 2.45) is 5.73 Å². The van der Waals surface area contributed by atoms with Crippen molar-refractivity contribution in [2.45, 2.75) is 12.4 Å². The van der Waals surface area contributed by atoms with E-state index in [0.29, 0.717) is 16.8 Å². The van der Waals surface area contributed by atoms with Crippen LogP contribution in [0.25, 0.3) is 17.1 Å². The Bertz CT molecular complexity index is 1080. The molecule has 2 aromatic heterocycles. The molecule has 0 atom stereocenters. The van der Waals surface area contributed by atoms with Gasteiger partial charge in [-0.2, -0.15) is 36.1 Å². The van der Waals surface area contributed by atoms with Crippen molar-refractivity contribution in [3.05, 3.63) is 58.6 Å². The van der Waals surface area contributed by atoms with Gasteiger partial charge >= 0.3 is 12.4 Å². The number of aromatic nitrogens is 4. The third-order valence-electron chi connectivity index (χ3n) is 3.64. The number of hydrogen-bond acceptors (Lipinski definition) is 4. The molecular formula is C16H8ClF6N5O. The Morgan fingerprint density at radius 1 is 1.00 bits per heavy atom. The van der Waals surface area contributed by atoms with Gasteiger partial charge in [0.05, 0.1) is 5.56 Å². The smallest absolute Gasteiger partial charge is 0.364 e. The van der Waals surface area contributed by atoms with E-state index in [0.717, 1.165) is 6.07 Å². The summed E-state index contributed by atoms with van der Waals surface area (Å²) >= 11 is 5.68. The van der Waals surface area contributed by atoms with Crippen LogP contribution < -0.4 is 5.73 Å². The van der Waals surface area contributed by atoms with Gasteiger partial charge in [-0.1, -0.05) is 11.6 Å². The topological polar surface area (TPSA) is 86.7 Å². The van der Waals surface area contributed by atoms with Crippen molar-refractivity contribution >= 4 is 17.5 Å². The standard InChI is InChI=1S/C16H8ClF6N5O/c17-9-5-7(4-8(6-9)15(18,19)20)10-11(13(24)29)28(14-25-2-1-3-26-14)27-12(10)16(21,22)23/h1-6H,(H2,24,29). The average molecular weight is 436 g/mol. The molecule has 3 rings (SSSR count). The van der Waals surface area contributed by atoms with Crippen LogP contribution in [0.2, 0.25) is 5.02 Å². The predicted octanol–water partition coefficient (Wildman–Crippen LogP) is 4.12. The van der Waals surface area contributed by atoms with Crippen molar-refractivity contribution < 1.29 is 31.1 Å². The number of nitrogens with zero attached hydrogens (tertiary/aromatic N) is 4. The predicted molar refractivity (Wildman–Crippen MR) is 88.1 cm³/mol. The number of nitrogens with two attached hydrogens (primary N) is 1. The summed E-state index contributed by atoms with van der Waals surface area (Å²) in [5.74, 6) is -1.82. The molecule has 152 valence electrons. The lowest BCUT2D eigenvalue weighted by molar-refractivity contribution is -0.140. The summed E-state index contributed by atoms with van der Waals surface area (Å²) in [5, 5.41) is 2.81. The van der Waals surface area contributed by atoms with E-state index < -0.39 is 57.3 Å². The summed E-state index contributed by atoms with van der Waals surface area (Å²) in [5.41, 5.74) is -0.187. The maximum absolute atomic E-state index is 13.6. The third-order valence-corrected chi connectivity index (χ3v) is 3.86. The molecule has 29 heavy (non-hydrogen) atoms. The first-order valence-corrected chi connectivity index (χ1v) is 7.93. The Labute approximate surface area is 162 Å². The Morgan fingerprint density at radius 2 is 1.62 bits per heavy atom. The number of alkyl halides is 6. The van der Waals surface area contributed by atoms with Crippen LogP contribution in [0.1, 0.15) is 21.7 Å². The summed E-state index contributed by atoms with van der Waals surface area (Å²) < 4.78 is 80.6. The zero-order chi connectivity index (χ0) is 21.6. The molecule has 0 aliphatic rings. The molecule has 0 fully saturated rings. The van der Waals surface area contributed by atoms with E-state index in [1.807, 2.05) is 0 Å². The number of hydrogen-bond donors (Lipinski definition) is 1. The van der Waals surface area contributed by atoms with Crippen LogP contribution in [0.3, 0.4) is 0 Å². The van der Waals surface area contributed by atoms with E-state index in [1.54, 1.807) is 0 Å². The van der Waals surface area contributed by atoms with Gasteiger partial charge in [-0.05, 0) is 29.8 Å². The third kappa shape index (κ3) is 4.01. The first kappa shape index (κ1) is 20.6. The van der Waals surface area contributed by atoms with Crippen molar-refractivity contribution in [1.82, 2.24) is 19.7 Å². The largest absolute Gasteiger partial charge is 0.435 e. The van der Waals surface area contributed by atoms with Crippen LogP contribution in [-0.2, 0) is 12.4 Å². The van der Waals surface area contributed by atoms with E-state index in [2.05, 4.69) is 15.1 Å². The second-order valence-electron chi connectivity index (χ2n) is 5.62. The molecular weight excluding hydrogens is 428 g/mol. The first-order valence-electron chi connectivity index (χ1n) is 7.55. The summed E-state index contributed by atoms with van der Waals surface area (Å²) in [6, 6.07) is 3.15. The molecule has 1 amide bonds. The Morgan fingerprint density at radius 3 is 2.14 bits per heavy atom. The highest BCUT2D eigenvalue weighted by Crippen LogP contribution is 2.42. The number of carbonyl (C=O) groups excluding carboxylic acids is 1. The minimum absolute atomic E-state index is 0.417. The van der Waals surface area contributed by atoms with Crippen LogP contribution in [0.5, 0.6) is 0 Å². The summed E-state index contributed by atoms with van der Waals surface area (Å²) in [4.78, 5) is 19.4. The molecule has 0 unspecified atom stereocenters. The van der Waals surface area contributed by atoms with Gasteiger partial charge in [0.2, 0.25) is 0 Å². The SMILES string of the molecule is NC(=O)c1c(-c2cc(Cl)cc(C(F)(F)F)c2)c(C(F)(F)F)nn1-c1ncccn1. The van der Waals surface area contributed by atoms with Gasteiger partial charge in [-0.15, -0.1) is 0 Å². The van der Waals surface area contributed by atoms with E-state index in [1.165, 1.54) is 18.5 Å². The van der Waals surface area contributed by atoms with Crippen LogP contribution >= 0.6 is 11.6 Å². The van der Waals surface area contributed by atoms with Crippen LogP contribution in [-0.4, -0.2) is 25.7 Å². The highest BCUT2D eigenvalue weighted by molar-refractivity contribution is 6.31. The second kappa shape index (κ2) is 7.03. The maximum atomic E-state index is 13.6. The fraction of sp³-hybridized carbons (Fsp3) is 0.125. The molecule has 0 bridgehead atoms. The fourth-order valence-corrected chi connectivity index (χ4v) is 2.80. The van der Waals surface area contributed by atoms with Gasteiger partial charge in [-0.25, -0.2) is 9.97 Å². The minimum atomic E-state index is -5.14. The molecule has 0 saturated heterocycles. The lowest BCUT2D eigenvalue weighted by atomic mass is 9.99. The van der Waals surface area contributed by atoms with E-state index in [9.17, 15) is 31.1 Å². The highest BCUT2D eigenvalue weighted by Gasteiger charge is 2.42. The van der Waals surface area contributed by atoms with Gasteiger partial charge < -0.3 is 5.73 Å². The number of halogens is 7. The Hall–Kier alpha value is -3.15. The van der Waals surface area contributed by atoms with E-state index in [-0.39, 0.29) is 0 Å². The molecule has 0 saturated carbocycles. The molecule has 0 radical (unpaired) electrons. The van der Waals surface area contributed by atoms with Crippen molar-refractivity contribution in [3.8, 4) is 17.1 Å². The number of rotatable bonds is 3. The Balaban J connectivity index is 2.41. The van der Waals surface area contributed by atoms with Crippen molar-refractivity contribution in [3.63, 3.8) is 0 Å². The Kier molecular flexibility index (Phi) is 4.99. The van der Waals surface area contributed by atoms with E-state index in [4.69, 9.17) is 17.3 Å². The molecule has 13 heteroatoms. The average Bonchev–Trinajstić information content (AvgIpc) is 3.02. The maximum Gasteiger partial charge on any atom is 0.435 e. The summed E-state index contributed by atoms with van der Waals surface area (Å²) in [6.07, 6.45) is -7.70. The normalized spacial score (nSPS) is 12.2. The second-order valence-corrected chi connectivity index (χ2v) is 6.06. The molecule has 3 aromatic rings. The quantitative estimate of drug-likeness (QED) is 0.627. The van der Waals surface area contributed by atoms with Gasteiger partial charge in [0, 0.05) is 23.0 Å². The van der Waals surface area contributed by atoms with Gasteiger partial charge in [0.1, 0.15) is 5.69 Å². The number of benzene rings is 1. The zero-order valence-corrected chi connectivity index (χ0v) is 14.6. The zero-order valence-electron chi connectivity index (χ0n) is 13.9. The number of primary amides is 1. The molecule has 1 aromatic carbocycles. The number of amides is 1. The number of carbonyl (C=O) groups is 1. The first-order chi connectivity index (χ1) is 13.4. The van der Waals surface area contributed by atoms with Crippen LogP contribution in [0.15, 0.2) is 36.7 Å². The van der Waals surface area contributed by atoms with Gasteiger partial charge in [-0.3, -0.25) is 4.79 Å². The van der Waals surface area contributed by atoms with Gasteiger partial charge in [0.25, 0.3) is 11.9 Å². The van der Waals surface area contributed by atoms with E-state index >= 15 is 0 Å². The molecule has 0 spiro atoms. The summed E-state index contributed by atoms with van der Waals surface area (Å²) in [7, 11) is 0. The molecule has 0 aliphatic carbocycles. The van der Waals surface area contributed by atoms with Crippen LogP contribution in [0.4, 0.5) is 26.3 Å². The lowest BCUT2D eigenvalue weighted by Crippen LogP contribution is -2.19. The molecule has 2 heterocycles. The van der Waals surface area contributed by atoms with Gasteiger partial charge in [0.15, 0.2) is 5.69 Å². The monoisotopic (exact) mass is 435 g/mol. The highest BCUT2D eigenvalue weighted by atomic mass is 35.5. The van der Waals surface area contributed by atoms with Crippen LogP contribution in [0, 0.1) is 0 Å². The lowest BCUT2D eigenvalue weighted by Gasteiger charge is -2.12. The molecule has 6 nitrogen and oxygen atoms in total. The van der Waals surface area contributed by atoms with Crippen molar-refractivity contribution in [2.75, 3.05) is 0 Å². The summed E-state index contributed by atoms with van der Waals surface area (Å²) in [6.45, 7) is 0. The van der Waals surface area contributed by atoms with Crippen molar-refractivity contribution in [1.29, 1.82) is 0 Å². The molecule has 0 aliphatic heterocycles. The molecule has 2 N–H and O–H groups in total. The fourth-order valence-electron chi connectivity index (χ4n) is 2.56.